The fourth-order valence-electron chi connectivity index (χ4n) is 1.84. The molecule has 1 atom stereocenters. The van der Waals surface area contributed by atoms with Crippen molar-refractivity contribution in [1.82, 2.24) is 5.32 Å². The van der Waals surface area contributed by atoms with Gasteiger partial charge in [-0.1, -0.05) is 11.6 Å². The lowest BCUT2D eigenvalue weighted by atomic mass is 10.0. The van der Waals surface area contributed by atoms with Crippen LogP contribution >= 0.6 is 22.9 Å². The monoisotopic (exact) mass is 269 g/mol. The molecule has 4 heteroatoms. The molecule has 0 saturated carbocycles. The van der Waals surface area contributed by atoms with Crippen molar-refractivity contribution in [2.45, 2.75) is 13.0 Å². The first-order chi connectivity index (χ1) is 8.13. The van der Waals surface area contributed by atoms with Gasteiger partial charge in [0.15, 0.2) is 0 Å². The second-order valence-electron chi connectivity index (χ2n) is 3.86. The molecule has 1 heterocycles. The average molecular weight is 270 g/mol. The Labute approximate surface area is 109 Å². The molecule has 0 amide bonds. The standard InChI is InChI=1S/C13H13ClFNS/c1-8-5-6-17-13(8)12(16-2)10-7-9(15)3-4-11(10)14/h3-7,12,16H,1-2H3. The van der Waals surface area contributed by atoms with Crippen LogP contribution in [-0.4, -0.2) is 7.05 Å². The van der Waals surface area contributed by atoms with E-state index in [0.717, 1.165) is 5.56 Å². The number of thiophene rings is 1. The van der Waals surface area contributed by atoms with Gasteiger partial charge in [-0.3, -0.25) is 0 Å². The summed E-state index contributed by atoms with van der Waals surface area (Å²) >= 11 is 7.78. The summed E-state index contributed by atoms with van der Waals surface area (Å²) in [6, 6.07) is 6.46. The number of nitrogens with one attached hydrogen (secondary N) is 1. The Bertz CT molecular complexity index is 524. The van der Waals surface area contributed by atoms with Gasteiger partial charge in [-0.2, -0.15) is 0 Å². The Morgan fingerprint density at radius 3 is 2.71 bits per heavy atom. The zero-order chi connectivity index (χ0) is 12.4. The van der Waals surface area contributed by atoms with Gasteiger partial charge in [0, 0.05) is 9.90 Å². The van der Waals surface area contributed by atoms with Crippen LogP contribution in [0.2, 0.25) is 5.02 Å². The molecular formula is C13H13ClFNS. The molecule has 0 aliphatic rings. The topological polar surface area (TPSA) is 12.0 Å². The predicted octanol–water partition coefficient (Wildman–Crippen LogP) is 4.16. The quantitative estimate of drug-likeness (QED) is 0.882. The van der Waals surface area contributed by atoms with Crippen LogP contribution in [0.1, 0.15) is 22.0 Å². The van der Waals surface area contributed by atoms with Gasteiger partial charge in [-0.05, 0) is 54.7 Å². The van der Waals surface area contributed by atoms with Gasteiger partial charge in [0.1, 0.15) is 5.82 Å². The summed E-state index contributed by atoms with van der Waals surface area (Å²) in [4.78, 5) is 1.17. The van der Waals surface area contributed by atoms with E-state index in [1.54, 1.807) is 17.4 Å². The molecule has 0 aliphatic carbocycles. The lowest BCUT2D eigenvalue weighted by molar-refractivity contribution is 0.618. The number of hydrogen-bond donors (Lipinski definition) is 1. The maximum Gasteiger partial charge on any atom is 0.123 e. The lowest BCUT2D eigenvalue weighted by Gasteiger charge is -2.18. The summed E-state index contributed by atoms with van der Waals surface area (Å²) in [5.74, 6) is -0.265. The largest absolute Gasteiger partial charge is 0.309 e. The molecule has 0 spiro atoms. The highest BCUT2D eigenvalue weighted by Gasteiger charge is 2.18. The van der Waals surface area contributed by atoms with Gasteiger partial charge in [-0.25, -0.2) is 4.39 Å². The van der Waals surface area contributed by atoms with E-state index in [4.69, 9.17) is 11.6 Å². The number of rotatable bonds is 3. The number of halogens is 2. The van der Waals surface area contributed by atoms with Crippen molar-refractivity contribution in [3.8, 4) is 0 Å². The Morgan fingerprint density at radius 1 is 1.35 bits per heavy atom. The Kier molecular flexibility index (Phi) is 3.82. The molecule has 0 saturated heterocycles. The van der Waals surface area contributed by atoms with Gasteiger partial charge < -0.3 is 5.32 Å². The van der Waals surface area contributed by atoms with E-state index in [0.29, 0.717) is 5.02 Å². The first kappa shape index (κ1) is 12.6. The Balaban J connectivity index is 2.49. The highest BCUT2D eigenvalue weighted by molar-refractivity contribution is 7.10. The van der Waals surface area contributed by atoms with Gasteiger partial charge >= 0.3 is 0 Å². The number of aryl methyl sites for hydroxylation is 1. The third-order valence-corrected chi connectivity index (χ3v) is 4.15. The van der Waals surface area contributed by atoms with Crippen molar-refractivity contribution in [1.29, 1.82) is 0 Å². The molecule has 1 unspecified atom stereocenters. The van der Waals surface area contributed by atoms with Gasteiger partial charge in [0.2, 0.25) is 0 Å². The zero-order valence-corrected chi connectivity index (χ0v) is 11.2. The Hall–Kier alpha value is -0.900. The van der Waals surface area contributed by atoms with Crippen molar-refractivity contribution >= 4 is 22.9 Å². The molecule has 0 fully saturated rings. The molecule has 1 aromatic carbocycles. The van der Waals surface area contributed by atoms with E-state index in [1.165, 1.54) is 22.6 Å². The first-order valence-electron chi connectivity index (χ1n) is 5.29. The van der Waals surface area contributed by atoms with Crippen LogP contribution in [0, 0.1) is 12.7 Å². The lowest BCUT2D eigenvalue weighted by Crippen LogP contribution is -2.17. The SMILES string of the molecule is CNC(c1cc(F)ccc1Cl)c1sccc1C. The highest BCUT2D eigenvalue weighted by Crippen LogP contribution is 2.33. The summed E-state index contributed by atoms with van der Waals surface area (Å²) in [6.07, 6.45) is 0. The summed E-state index contributed by atoms with van der Waals surface area (Å²) < 4.78 is 13.3. The van der Waals surface area contributed by atoms with Crippen LogP contribution in [0.15, 0.2) is 29.6 Å². The average Bonchev–Trinajstić information content (AvgIpc) is 2.71. The van der Waals surface area contributed by atoms with Crippen molar-refractivity contribution in [2.24, 2.45) is 0 Å². The van der Waals surface area contributed by atoms with Crippen molar-refractivity contribution in [2.75, 3.05) is 7.05 Å². The molecule has 0 bridgehead atoms. The third-order valence-electron chi connectivity index (χ3n) is 2.72. The van der Waals surface area contributed by atoms with Crippen molar-refractivity contribution < 1.29 is 4.39 Å². The zero-order valence-electron chi connectivity index (χ0n) is 9.63. The second kappa shape index (κ2) is 5.17. The minimum Gasteiger partial charge on any atom is -0.309 e. The molecule has 1 N–H and O–H groups in total. The van der Waals surface area contributed by atoms with Gasteiger partial charge in [-0.15, -0.1) is 11.3 Å². The minimum atomic E-state index is -0.265. The molecular weight excluding hydrogens is 257 g/mol. The maximum absolute atomic E-state index is 13.3. The van der Waals surface area contributed by atoms with E-state index >= 15 is 0 Å². The van der Waals surface area contributed by atoms with E-state index in [9.17, 15) is 4.39 Å². The Morgan fingerprint density at radius 2 is 2.12 bits per heavy atom. The summed E-state index contributed by atoms with van der Waals surface area (Å²) in [7, 11) is 1.85. The minimum absolute atomic E-state index is 0.0572. The van der Waals surface area contributed by atoms with E-state index in [2.05, 4.69) is 11.4 Å². The fourth-order valence-corrected chi connectivity index (χ4v) is 3.12. The van der Waals surface area contributed by atoms with Crippen molar-refractivity contribution in [3.63, 3.8) is 0 Å². The van der Waals surface area contributed by atoms with Crippen LogP contribution < -0.4 is 5.32 Å². The van der Waals surface area contributed by atoms with E-state index in [1.807, 2.05) is 19.4 Å². The molecule has 0 aliphatic heterocycles. The van der Waals surface area contributed by atoms with Gasteiger partial charge in [0.05, 0.1) is 6.04 Å². The van der Waals surface area contributed by atoms with Crippen molar-refractivity contribution in [3.05, 3.63) is 56.5 Å². The summed E-state index contributed by atoms with van der Waals surface area (Å²) in [5.41, 5.74) is 1.97. The number of benzene rings is 1. The predicted molar refractivity (Wildman–Crippen MR) is 71.4 cm³/mol. The van der Waals surface area contributed by atoms with Crippen LogP contribution in [0.25, 0.3) is 0 Å². The molecule has 2 aromatic rings. The first-order valence-corrected chi connectivity index (χ1v) is 6.55. The third kappa shape index (κ3) is 2.51. The molecule has 1 nitrogen and oxygen atoms in total. The maximum atomic E-state index is 13.3. The normalized spacial score (nSPS) is 12.7. The van der Waals surface area contributed by atoms with Crippen LogP contribution in [0.3, 0.4) is 0 Å². The second-order valence-corrected chi connectivity index (χ2v) is 5.21. The van der Waals surface area contributed by atoms with Crippen LogP contribution in [-0.2, 0) is 0 Å². The molecule has 2 rings (SSSR count). The smallest absolute Gasteiger partial charge is 0.123 e. The number of hydrogen-bond acceptors (Lipinski definition) is 2. The summed E-state index contributed by atoms with van der Waals surface area (Å²) in [5, 5.41) is 5.80. The summed E-state index contributed by atoms with van der Waals surface area (Å²) in [6.45, 7) is 2.05. The molecule has 17 heavy (non-hydrogen) atoms. The fraction of sp³-hybridized carbons (Fsp3) is 0.231. The van der Waals surface area contributed by atoms with Crippen LogP contribution in [0.4, 0.5) is 4.39 Å². The molecule has 90 valence electrons. The van der Waals surface area contributed by atoms with E-state index < -0.39 is 0 Å². The molecule has 0 radical (unpaired) electrons. The molecule has 1 aromatic heterocycles. The van der Waals surface area contributed by atoms with Gasteiger partial charge in [0.25, 0.3) is 0 Å². The highest BCUT2D eigenvalue weighted by atomic mass is 35.5. The van der Waals surface area contributed by atoms with E-state index in [-0.39, 0.29) is 11.9 Å². The van der Waals surface area contributed by atoms with Crippen LogP contribution in [0.5, 0.6) is 0 Å².